The zero-order chi connectivity index (χ0) is 11.4. The van der Waals surface area contributed by atoms with Crippen molar-refractivity contribution in [1.29, 1.82) is 0 Å². The number of nitrogens with one attached hydrogen (secondary N) is 1. The Bertz CT molecular complexity index is 328. The van der Waals surface area contributed by atoms with Crippen molar-refractivity contribution in [3.05, 3.63) is 29.6 Å². The molecule has 1 fully saturated rings. The van der Waals surface area contributed by atoms with E-state index in [1.165, 1.54) is 31.7 Å². The molecule has 1 aliphatic rings. The summed E-state index contributed by atoms with van der Waals surface area (Å²) in [5.41, 5.74) is 0.801. The summed E-state index contributed by atoms with van der Waals surface area (Å²) in [6, 6.07) is 4.19. The first-order chi connectivity index (χ1) is 7.74. The number of phenols is 1. The Morgan fingerprint density at radius 2 is 2.00 bits per heavy atom. The zero-order valence-corrected chi connectivity index (χ0v) is 9.38. The third-order valence-corrected chi connectivity index (χ3v) is 3.18. The second-order valence-electron chi connectivity index (χ2n) is 4.60. The van der Waals surface area contributed by atoms with Crippen molar-refractivity contribution in [2.45, 2.75) is 32.2 Å². The van der Waals surface area contributed by atoms with Crippen LogP contribution in [0.2, 0.25) is 0 Å². The van der Waals surface area contributed by atoms with E-state index in [4.69, 9.17) is 0 Å². The number of phenolic OH excluding ortho intramolecular Hbond substituents is 1. The Morgan fingerprint density at radius 1 is 1.25 bits per heavy atom. The summed E-state index contributed by atoms with van der Waals surface area (Å²) in [5, 5.41) is 12.6. The topological polar surface area (TPSA) is 32.3 Å². The molecule has 0 aromatic heterocycles. The summed E-state index contributed by atoms with van der Waals surface area (Å²) in [4.78, 5) is 0. The van der Waals surface area contributed by atoms with Gasteiger partial charge in [-0.25, -0.2) is 4.39 Å². The molecule has 0 atom stereocenters. The van der Waals surface area contributed by atoms with E-state index in [-0.39, 0.29) is 11.6 Å². The lowest BCUT2D eigenvalue weighted by atomic mass is 10.1. The first-order valence-corrected chi connectivity index (χ1v) is 5.93. The van der Waals surface area contributed by atoms with Crippen LogP contribution in [0, 0.1) is 11.7 Å². The standard InChI is InChI=1S/C13H18FNO/c14-12-5-11(6-13(16)7-12)9-15-8-10-3-1-2-4-10/h5-7,10,15-16H,1-4,8-9H2. The first-order valence-electron chi connectivity index (χ1n) is 5.93. The van der Waals surface area contributed by atoms with Crippen molar-refractivity contribution in [1.82, 2.24) is 5.32 Å². The smallest absolute Gasteiger partial charge is 0.127 e. The van der Waals surface area contributed by atoms with Crippen molar-refractivity contribution in [3.8, 4) is 5.75 Å². The predicted octanol–water partition coefficient (Wildman–Crippen LogP) is 2.81. The van der Waals surface area contributed by atoms with Gasteiger partial charge in [-0.3, -0.25) is 0 Å². The molecule has 1 aromatic carbocycles. The SMILES string of the molecule is Oc1cc(F)cc(CNCC2CCCC2)c1. The van der Waals surface area contributed by atoms with Gasteiger partial charge < -0.3 is 10.4 Å². The molecule has 0 spiro atoms. The number of hydrogen-bond acceptors (Lipinski definition) is 2. The average Bonchev–Trinajstić information content (AvgIpc) is 2.69. The van der Waals surface area contributed by atoms with E-state index in [0.29, 0.717) is 6.54 Å². The van der Waals surface area contributed by atoms with Gasteiger partial charge in [-0.2, -0.15) is 0 Å². The van der Waals surface area contributed by atoms with Gasteiger partial charge in [-0.15, -0.1) is 0 Å². The van der Waals surface area contributed by atoms with Crippen LogP contribution in [0.5, 0.6) is 5.75 Å². The van der Waals surface area contributed by atoms with Crippen molar-refractivity contribution in [3.63, 3.8) is 0 Å². The summed E-state index contributed by atoms with van der Waals surface area (Å²) < 4.78 is 13.0. The van der Waals surface area contributed by atoms with E-state index in [1.54, 1.807) is 6.07 Å². The number of hydrogen-bond donors (Lipinski definition) is 2. The summed E-state index contributed by atoms with van der Waals surface area (Å²) >= 11 is 0. The fraction of sp³-hybridized carbons (Fsp3) is 0.538. The molecule has 88 valence electrons. The molecular weight excluding hydrogens is 205 g/mol. The summed E-state index contributed by atoms with van der Waals surface area (Å²) in [6.07, 6.45) is 5.29. The van der Waals surface area contributed by atoms with Gasteiger partial charge >= 0.3 is 0 Å². The minimum absolute atomic E-state index is 0.00216. The highest BCUT2D eigenvalue weighted by atomic mass is 19.1. The molecule has 0 saturated heterocycles. The summed E-state index contributed by atoms with van der Waals surface area (Å²) in [5.74, 6) is 0.400. The zero-order valence-electron chi connectivity index (χ0n) is 9.38. The third kappa shape index (κ3) is 3.20. The highest BCUT2D eigenvalue weighted by Crippen LogP contribution is 2.23. The molecule has 2 N–H and O–H groups in total. The average molecular weight is 223 g/mol. The van der Waals surface area contributed by atoms with Crippen LogP contribution in [0.3, 0.4) is 0 Å². The van der Waals surface area contributed by atoms with E-state index in [0.717, 1.165) is 24.1 Å². The van der Waals surface area contributed by atoms with Crippen LogP contribution in [0.15, 0.2) is 18.2 Å². The van der Waals surface area contributed by atoms with Crippen molar-refractivity contribution >= 4 is 0 Å². The van der Waals surface area contributed by atoms with Crippen LogP contribution < -0.4 is 5.32 Å². The Kier molecular flexibility index (Phi) is 3.78. The molecular formula is C13H18FNO. The lowest BCUT2D eigenvalue weighted by molar-refractivity contribution is 0.464. The van der Waals surface area contributed by atoms with E-state index in [9.17, 15) is 9.50 Å². The molecule has 0 aliphatic heterocycles. The van der Waals surface area contributed by atoms with Gasteiger partial charge in [0.1, 0.15) is 11.6 Å². The Labute approximate surface area is 95.5 Å². The maximum Gasteiger partial charge on any atom is 0.127 e. The maximum absolute atomic E-state index is 13.0. The molecule has 0 amide bonds. The predicted molar refractivity (Wildman–Crippen MR) is 61.7 cm³/mol. The van der Waals surface area contributed by atoms with Gasteiger partial charge in [0.2, 0.25) is 0 Å². The monoisotopic (exact) mass is 223 g/mol. The molecule has 16 heavy (non-hydrogen) atoms. The molecule has 2 rings (SSSR count). The van der Waals surface area contributed by atoms with Crippen LogP contribution in [0.25, 0.3) is 0 Å². The highest BCUT2D eigenvalue weighted by Gasteiger charge is 2.13. The number of benzene rings is 1. The third-order valence-electron chi connectivity index (χ3n) is 3.18. The number of rotatable bonds is 4. The lowest BCUT2D eigenvalue weighted by Crippen LogP contribution is -2.20. The van der Waals surface area contributed by atoms with E-state index in [1.807, 2.05) is 0 Å². The molecule has 0 unspecified atom stereocenters. The van der Waals surface area contributed by atoms with Crippen LogP contribution in [-0.4, -0.2) is 11.7 Å². The van der Waals surface area contributed by atoms with Gasteiger partial charge in [-0.05, 0) is 43.0 Å². The van der Waals surface area contributed by atoms with Gasteiger partial charge in [0.05, 0.1) is 0 Å². The Hall–Kier alpha value is -1.09. The normalized spacial score (nSPS) is 16.8. The second-order valence-corrected chi connectivity index (χ2v) is 4.60. The Balaban J connectivity index is 1.80. The molecule has 0 heterocycles. The summed E-state index contributed by atoms with van der Waals surface area (Å²) in [6.45, 7) is 1.62. The molecule has 0 bridgehead atoms. The van der Waals surface area contributed by atoms with Gasteiger partial charge in [0, 0.05) is 12.6 Å². The largest absolute Gasteiger partial charge is 0.508 e. The van der Waals surface area contributed by atoms with Crippen molar-refractivity contribution in [2.75, 3.05) is 6.54 Å². The van der Waals surface area contributed by atoms with Crippen LogP contribution >= 0.6 is 0 Å². The van der Waals surface area contributed by atoms with E-state index < -0.39 is 0 Å². The fourth-order valence-electron chi connectivity index (χ4n) is 2.37. The highest BCUT2D eigenvalue weighted by molar-refractivity contribution is 5.28. The molecule has 0 radical (unpaired) electrons. The lowest BCUT2D eigenvalue weighted by Gasteiger charge is -2.10. The van der Waals surface area contributed by atoms with Crippen LogP contribution in [0.1, 0.15) is 31.2 Å². The molecule has 3 heteroatoms. The number of aromatic hydroxyl groups is 1. The maximum atomic E-state index is 13.0. The van der Waals surface area contributed by atoms with Gasteiger partial charge in [-0.1, -0.05) is 12.8 Å². The quantitative estimate of drug-likeness (QED) is 0.822. The minimum atomic E-state index is -0.377. The fourth-order valence-corrected chi connectivity index (χ4v) is 2.37. The molecule has 1 saturated carbocycles. The Morgan fingerprint density at radius 3 is 2.69 bits per heavy atom. The molecule has 1 aliphatic carbocycles. The van der Waals surface area contributed by atoms with Crippen LogP contribution in [-0.2, 0) is 6.54 Å². The summed E-state index contributed by atoms with van der Waals surface area (Å²) in [7, 11) is 0. The van der Waals surface area contributed by atoms with Crippen LogP contribution in [0.4, 0.5) is 4.39 Å². The number of halogens is 1. The molecule has 2 nitrogen and oxygen atoms in total. The van der Waals surface area contributed by atoms with Crippen molar-refractivity contribution in [2.24, 2.45) is 5.92 Å². The first kappa shape index (κ1) is 11.4. The van der Waals surface area contributed by atoms with Crippen molar-refractivity contribution < 1.29 is 9.50 Å². The molecule has 1 aromatic rings. The van der Waals surface area contributed by atoms with Gasteiger partial charge in [0.15, 0.2) is 0 Å². The van der Waals surface area contributed by atoms with Gasteiger partial charge in [0.25, 0.3) is 0 Å². The van der Waals surface area contributed by atoms with E-state index in [2.05, 4.69) is 5.32 Å². The minimum Gasteiger partial charge on any atom is -0.508 e. The second kappa shape index (κ2) is 5.30. The van der Waals surface area contributed by atoms with E-state index >= 15 is 0 Å².